The summed E-state index contributed by atoms with van der Waals surface area (Å²) in [6, 6.07) is 8.99. The van der Waals surface area contributed by atoms with Gasteiger partial charge in [0.15, 0.2) is 0 Å². The molecule has 2 aromatic rings. The maximum Gasteiger partial charge on any atom is 0.271 e. The Balaban J connectivity index is 1.86. The van der Waals surface area contributed by atoms with Gasteiger partial charge in [0.25, 0.3) is 5.69 Å². The molecule has 1 aliphatic heterocycles. The van der Waals surface area contributed by atoms with Crippen LogP contribution in [0.4, 0.5) is 17.1 Å². The van der Waals surface area contributed by atoms with E-state index in [1.165, 1.54) is 47.8 Å². The number of piperidine rings is 1. The number of methoxy groups -OCH3 is 1. The zero-order valence-corrected chi connectivity index (χ0v) is 20.8. The molecule has 0 bridgehead atoms. The van der Waals surface area contributed by atoms with Crippen molar-refractivity contribution < 1.29 is 31.3 Å². The van der Waals surface area contributed by atoms with E-state index in [9.17, 15) is 31.7 Å². The quantitative estimate of drug-likeness (QED) is 0.385. The molecule has 0 spiro atoms. The fraction of sp³-hybridized carbons (Fsp3) is 0.381. The van der Waals surface area contributed by atoms with E-state index in [4.69, 9.17) is 4.74 Å². The Labute approximate surface area is 203 Å². The number of non-ortho nitro benzene ring substituents is 1. The molecule has 0 saturated carbocycles. The molecule has 35 heavy (non-hydrogen) atoms. The molecule has 1 fully saturated rings. The van der Waals surface area contributed by atoms with Crippen LogP contribution in [0.15, 0.2) is 47.4 Å². The number of amides is 1. The van der Waals surface area contributed by atoms with Crippen LogP contribution in [0.5, 0.6) is 5.75 Å². The van der Waals surface area contributed by atoms with Crippen LogP contribution < -0.4 is 14.4 Å². The number of nitro groups is 1. The van der Waals surface area contributed by atoms with Crippen molar-refractivity contribution in [2.45, 2.75) is 24.2 Å². The molecule has 3 rings (SSSR count). The third-order valence-corrected chi connectivity index (χ3v) is 8.46. The topological polar surface area (TPSA) is 156 Å². The minimum atomic E-state index is -3.98. The Morgan fingerprint density at radius 1 is 1.11 bits per heavy atom. The number of carbonyl (C=O) groups excluding carboxylic acids is 1. The molecule has 1 amide bonds. The summed E-state index contributed by atoms with van der Waals surface area (Å²) in [6.45, 7) is 0.0868. The van der Waals surface area contributed by atoms with Crippen molar-refractivity contribution >= 4 is 43.0 Å². The number of benzene rings is 2. The highest BCUT2D eigenvalue weighted by Crippen LogP contribution is 2.31. The van der Waals surface area contributed by atoms with Crippen molar-refractivity contribution in [1.82, 2.24) is 4.31 Å². The minimum absolute atomic E-state index is 0.0556. The molecule has 1 heterocycles. The van der Waals surface area contributed by atoms with Gasteiger partial charge < -0.3 is 10.1 Å². The first-order valence-corrected chi connectivity index (χ1v) is 13.9. The Kier molecular flexibility index (Phi) is 7.97. The molecule has 2 aromatic carbocycles. The van der Waals surface area contributed by atoms with Gasteiger partial charge >= 0.3 is 0 Å². The summed E-state index contributed by atoms with van der Waals surface area (Å²) in [7, 11) is -6.52. The standard InChI is InChI=1S/C21H26N4O8S2/c1-33-19-10-9-16(13-20(19)35(31,32)23-11-4-3-5-12-23)22-21(26)15-24(34(2,29)30)17-7-6-8-18(14-17)25(27)28/h6-10,13-14H,3-5,11-12,15H2,1-2H3,(H,22,26). The van der Waals surface area contributed by atoms with Crippen molar-refractivity contribution in [3.8, 4) is 5.75 Å². The molecule has 14 heteroatoms. The number of hydrogen-bond acceptors (Lipinski definition) is 8. The van der Waals surface area contributed by atoms with Gasteiger partial charge in [-0.2, -0.15) is 4.31 Å². The van der Waals surface area contributed by atoms with E-state index in [0.717, 1.165) is 35.9 Å². The van der Waals surface area contributed by atoms with E-state index in [-0.39, 0.29) is 27.7 Å². The molecule has 190 valence electrons. The molecule has 0 atom stereocenters. The van der Waals surface area contributed by atoms with E-state index in [0.29, 0.717) is 13.1 Å². The van der Waals surface area contributed by atoms with Crippen molar-refractivity contribution in [1.29, 1.82) is 0 Å². The lowest BCUT2D eigenvalue weighted by Gasteiger charge is -2.26. The van der Waals surface area contributed by atoms with E-state index < -0.39 is 37.4 Å². The van der Waals surface area contributed by atoms with Crippen LogP contribution in [0.2, 0.25) is 0 Å². The van der Waals surface area contributed by atoms with Crippen molar-refractivity contribution in [2.75, 3.05) is 42.6 Å². The summed E-state index contributed by atoms with van der Waals surface area (Å²) in [6.07, 6.45) is 3.31. The smallest absolute Gasteiger partial charge is 0.271 e. The summed E-state index contributed by atoms with van der Waals surface area (Å²) in [5.74, 6) is -0.656. The zero-order valence-electron chi connectivity index (χ0n) is 19.2. The van der Waals surface area contributed by atoms with E-state index in [1.807, 2.05) is 0 Å². The summed E-state index contributed by atoms with van der Waals surface area (Å²) >= 11 is 0. The van der Waals surface area contributed by atoms with Gasteiger partial charge in [-0.1, -0.05) is 12.5 Å². The first-order chi connectivity index (χ1) is 16.4. The van der Waals surface area contributed by atoms with Gasteiger partial charge in [-0.25, -0.2) is 16.8 Å². The summed E-state index contributed by atoms with van der Waals surface area (Å²) in [5, 5.41) is 13.6. The van der Waals surface area contributed by atoms with Crippen LogP contribution in [-0.2, 0) is 24.8 Å². The van der Waals surface area contributed by atoms with Gasteiger partial charge in [0.1, 0.15) is 17.2 Å². The highest BCUT2D eigenvalue weighted by molar-refractivity contribution is 7.92. The Morgan fingerprint density at radius 2 is 1.80 bits per heavy atom. The highest BCUT2D eigenvalue weighted by atomic mass is 32.2. The molecule has 0 aliphatic carbocycles. The predicted octanol–water partition coefficient (Wildman–Crippen LogP) is 2.18. The number of nitrogens with zero attached hydrogens (tertiary/aromatic N) is 3. The van der Waals surface area contributed by atoms with Gasteiger partial charge in [0.05, 0.1) is 24.0 Å². The van der Waals surface area contributed by atoms with Crippen LogP contribution in [0, 0.1) is 10.1 Å². The molecule has 0 aromatic heterocycles. The molecule has 1 N–H and O–H groups in total. The third-order valence-electron chi connectivity index (χ3n) is 5.40. The van der Waals surface area contributed by atoms with E-state index in [2.05, 4.69) is 5.32 Å². The van der Waals surface area contributed by atoms with Crippen LogP contribution >= 0.6 is 0 Å². The maximum absolute atomic E-state index is 13.2. The normalized spacial score (nSPS) is 14.8. The van der Waals surface area contributed by atoms with E-state index in [1.54, 1.807) is 0 Å². The first kappa shape index (κ1) is 26.4. The average Bonchev–Trinajstić information content (AvgIpc) is 2.82. The van der Waals surface area contributed by atoms with Crippen molar-refractivity contribution in [3.63, 3.8) is 0 Å². The first-order valence-electron chi connectivity index (χ1n) is 10.6. The van der Waals surface area contributed by atoms with Crippen molar-refractivity contribution in [3.05, 3.63) is 52.6 Å². The summed E-state index contributed by atoms with van der Waals surface area (Å²) in [5.41, 5.74) is -0.266. The van der Waals surface area contributed by atoms with Crippen LogP contribution in [0.1, 0.15) is 19.3 Å². The second kappa shape index (κ2) is 10.6. The number of sulfonamides is 2. The average molecular weight is 527 g/mol. The van der Waals surface area contributed by atoms with Crippen LogP contribution in [0.25, 0.3) is 0 Å². The molecule has 0 radical (unpaired) electrons. The lowest BCUT2D eigenvalue weighted by Crippen LogP contribution is -2.37. The van der Waals surface area contributed by atoms with Gasteiger partial charge in [0.2, 0.25) is 26.0 Å². The number of nitro benzene ring substituents is 1. The number of rotatable bonds is 9. The van der Waals surface area contributed by atoms with Gasteiger partial charge in [-0.3, -0.25) is 19.2 Å². The second-order valence-corrected chi connectivity index (χ2v) is 11.7. The van der Waals surface area contributed by atoms with Crippen LogP contribution in [-0.4, -0.2) is 65.0 Å². The van der Waals surface area contributed by atoms with E-state index >= 15 is 0 Å². The second-order valence-electron chi connectivity index (χ2n) is 7.93. The Morgan fingerprint density at radius 3 is 2.40 bits per heavy atom. The number of anilines is 2. The molecule has 1 aliphatic rings. The predicted molar refractivity (Wildman–Crippen MR) is 130 cm³/mol. The summed E-state index contributed by atoms with van der Waals surface area (Å²) < 4.78 is 58.3. The summed E-state index contributed by atoms with van der Waals surface area (Å²) in [4.78, 5) is 23.0. The SMILES string of the molecule is COc1ccc(NC(=O)CN(c2cccc([N+](=O)[O-])c2)S(C)(=O)=O)cc1S(=O)(=O)N1CCCCC1. The number of nitrogens with one attached hydrogen (secondary N) is 1. The fourth-order valence-corrected chi connectivity index (χ4v) is 6.24. The monoisotopic (exact) mass is 526 g/mol. The highest BCUT2D eigenvalue weighted by Gasteiger charge is 2.29. The molecular weight excluding hydrogens is 500 g/mol. The molecule has 1 saturated heterocycles. The minimum Gasteiger partial charge on any atom is -0.495 e. The van der Waals surface area contributed by atoms with Gasteiger partial charge in [-0.15, -0.1) is 0 Å². The Hall–Kier alpha value is -3.23. The van der Waals surface area contributed by atoms with Gasteiger partial charge in [0, 0.05) is 30.9 Å². The Bertz CT molecular complexity index is 1320. The third kappa shape index (κ3) is 6.26. The fourth-order valence-electron chi connectivity index (χ4n) is 3.69. The number of hydrogen-bond donors (Lipinski definition) is 1. The largest absolute Gasteiger partial charge is 0.495 e. The van der Waals surface area contributed by atoms with Gasteiger partial charge in [-0.05, 0) is 37.1 Å². The van der Waals surface area contributed by atoms with Crippen LogP contribution in [0.3, 0.4) is 0 Å². The number of ether oxygens (including phenoxy) is 1. The lowest BCUT2D eigenvalue weighted by atomic mass is 10.2. The van der Waals surface area contributed by atoms with Crippen molar-refractivity contribution in [2.24, 2.45) is 0 Å². The number of carbonyl (C=O) groups is 1. The zero-order chi connectivity index (χ0) is 25.8. The molecule has 12 nitrogen and oxygen atoms in total. The molecular formula is C21H26N4O8S2. The molecule has 0 unspecified atom stereocenters. The lowest BCUT2D eigenvalue weighted by molar-refractivity contribution is -0.384. The maximum atomic E-state index is 13.2.